The van der Waals surface area contributed by atoms with Crippen LogP contribution in [0.1, 0.15) is 11.1 Å². The van der Waals surface area contributed by atoms with Crippen LogP contribution in [0.2, 0.25) is 5.02 Å². The summed E-state index contributed by atoms with van der Waals surface area (Å²) in [5.74, 6) is -1.09. The summed E-state index contributed by atoms with van der Waals surface area (Å²) in [6.45, 7) is 1.82. The molecule has 0 aliphatic heterocycles. The maximum Gasteiger partial charge on any atom is 0.326 e. The van der Waals surface area contributed by atoms with E-state index in [0.717, 1.165) is 11.1 Å². The zero-order valence-electron chi connectivity index (χ0n) is 12.5. The second kappa shape index (κ2) is 7.65. The Hall–Kier alpha value is -2.53. The van der Waals surface area contributed by atoms with Crippen molar-refractivity contribution >= 4 is 29.3 Å². The van der Waals surface area contributed by atoms with Crippen LogP contribution in [-0.4, -0.2) is 23.1 Å². The van der Waals surface area contributed by atoms with E-state index < -0.39 is 18.0 Å². The summed E-state index contributed by atoms with van der Waals surface area (Å²) in [5.41, 5.74) is 2.21. The zero-order valence-corrected chi connectivity index (χ0v) is 13.3. The van der Waals surface area contributed by atoms with E-state index in [9.17, 15) is 14.7 Å². The minimum atomic E-state index is -1.09. The number of amides is 2. The van der Waals surface area contributed by atoms with Gasteiger partial charge in [-0.2, -0.15) is 0 Å². The van der Waals surface area contributed by atoms with E-state index in [-0.39, 0.29) is 6.42 Å². The molecule has 0 heterocycles. The van der Waals surface area contributed by atoms with Crippen LogP contribution in [0, 0.1) is 6.92 Å². The van der Waals surface area contributed by atoms with Crippen molar-refractivity contribution in [3.8, 4) is 0 Å². The minimum absolute atomic E-state index is 0.206. The summed E-state index contributed by atoms with van der Waals surface area (Å²) >= 11 is 5.90. The fourth-order valence-electron chi connectivity index (χ4n) is 2.10. The lowest BCUT2D eigenvalue weighted by molar-refractivity contribution is -0.139. The normalized spacial score (nSPS) is 11.6. The number of carboxylic acids is 1. The Balaban J connectivity index is 2.03. The molecule has 0 spiro atoms. The number of nitrogens with one attached hydrogen (secondary N) is 2. The van der Waals surface area contributed by atoms with Crippen LogP contribution in [0.3, 0.4) is 0 Å². The number of halogens is 1. The van der Waals surface area contributed by atoms with Crippen molar-refractivity contribution in [3.05, 3.63) is 64.7 Å². The van der Waals surface area contributed by atoms with Crippen LogP contribution < -0.4 is 10.6 Å². The number of carboxylic acid groups (broad SMARTS) is 1. The zero-order chi connectivity index (χ0) is 16.8. The molecule has 0 bridgehead atoms. The number of aliphatic carboxylic acids is 1. The SMILES string of the molecule is Cc1ccc(Cl)cc1NC(=O)NC(Cc1ccccc1)C(=O)O. The average molecular weight is 333 g/mol. The maximum atomic E-state index is 12.1. The summed E-state index contributed by atoms with van der Waals surface area (Å²) in [4.78, 5) is 23.4. The van der Waals surface area contributed by atoms with Gasteiger partial charge in [-0.25, -0.2) is 9.59 Å². The highest BCUT2D eigenvalue weighted by Crippen LogP contribution is 2.20. The van der Waals surface area contributed by atoms with E-state index in [1.165, 1.54) is 0 Å². The van der Waals surface area contributed by atoms with Gasteiger partial charge in [-0.1, -0.05) is 48.0 Å². The second-order valence-corrected chi connectivity index (χ2v) is 5.57. The predicted molar refractivity (Wildman–Crippen MR) is 89.9 cm³/mol. The average Bonchev–Trinajstić information content (AvgIpc) is 2.51. The highest BCUT2D eigenvalue weighted by atomic mass is 35.5. The van der Waals surface area contributed by atoms with E-state index in [4.69, 9.17) is 11.6 Å². The summed E-state index contributed by atoms with van der Waals surface area (Å²) in [6, 6.07) is 12.6. The molecule has 120 valence electrons. The van der Waals surface area contributed by atoms with Gasteiger partial charge in [-0.05, 0) is 30.2 Å². The highest BCUT2D eigenvalue weighted by molar-refractivity contribution is 6.31. The van der Waals surface area contributed by atoms with E-state index in [1.807, 2.05) is 37.3 Å². The van der Waals surface area contributed by atoms with Crippen molar-refractivity contribution in [3.63, 3.8) is 0 Å². The number of hydrogen-bond donors (Lipinski definition) is 3. The lowest BCUT2D eigenvalue weighted by Gasteiger charge is -2.16. The number of rotatable bonds is 5. The molecule has 2 rings (SSSR count). The van der Waals surface area contributed by atoms with Crippen LogP contribution in [0.15, 0.2) is 48.5 Å². The van der Waals surface area contributed by atoms with Gasteiger partial charge in [0.1, 0.15) is 6.04 Å². The van der Waals surface area contributed by atoms with E-state index in [0.29, 0.717) is 10.7 Å². The number of carbonyl (C=O) groups excluding carboxylic acids is 1. The van der Waals surface area contributed by atoms with Gasteiger partial charge in [0, 0.05) is 17.1 Å². The standard InChI is InChI=1S/C17H17ClN2O3/c1-11-7-8-13(18)10-14(11)19-17(23)20-15(16(21)22)9-12-5-3-2-4-6-12/h2-8,10,15H,9H2,1H3,(H,21,22)(H2,19,20,23). The summed E-state index contributed by atoms with van der Waals surface area (Å²) in [6.07, 6.45) is 0.206. The topological polar surface area (TPSA) is 78.4 Å². The molecule has 0 aliphatic carbocycles. The van der Waals surface area contributed by atoms with Crippen LogP contribution in [0.5, 0.6) is 0 Å². The Kier molecular flexibility index (Phi) is 5.60. The number of anilines is 1. The molecule has 2 amide bonds. The molecular weight excluding hydrogens is 316 g/mol. The second-order valence-electron chi connectivity index (χ2n) is 5.14. The summed E-state index contributed by atoms with van der Waals surface area (Å²) in [5, 5.41) is 14.9. The molecule has 23 heavy (non-hydrogen) atoms. The molecule has 2 aromatic carbocycles. The largest absolute Gasteiger partial charge is 0.480 e. The molecule has 6 heteroatoms. The molecule has 0 aliphatic rings. The summed E-state index contributed by atoms with van der Waals surface area (Å²) < 4.78 is 0. The van der Waals surface area contributed by atoms with Gasteiger partial charge in [0.25, 0.3) is 0 Å². The quantitative estimate of drug-likeness (QED) is 0.784. The third-order valence-corrected chi connectivity index (χ3v) is 3.57. The van der Waals surface area contributed by atoms with Gasteiger partial charge in [-0.3, -0.25) is 0 Å². The van der Waals surface area contributed by atoms with Gasteiger partial charge in [-0.15, -0.1) is 0 Å². The molecule has 5 nitrogen and oxygen atoms in total. The monoisotopic (exact) mass is 332 g/mol. The summed E-state index contributed by atoms with van der Waals surface area (Å²) in [7, 11) is 0. The fraction of sp³-hybridized carbons (Fsp3) is 0.176. The Labute approximate surface area is 139 Å². The third kappa shape index (κ3) is 5.00. The van der Waals surface area contributed by atoms with Crippen molar-refractivity contribution < 1.29 is 14.7 Å². The molecule has 0 radical (unpaired) electrons. The van der Waals surface area contributed by atoms with Gasteiger partial charge >= 0.3 is 12.0 Å². The number of benzene rings is 2. The van der Waals surface area contributed by atoms with E-state index in [2.05, 4.69) is 10.6 Å². The van der Waals surface area contributed by atoms with Crippen LogP contribution in [-0.2, 0) is 11.2 Å². The van der Waals surface area contributed by atoms with Crippen LogP contribution >= 0.6 is 11.6 Å². The lowest BCUT2D eigenvalue weighted by Crippen LogP contribution is -2.44. The van der Waals surface area contributed by atoms with Crippen molar-refractivity contribution in [2.75, 3.05) is 5.32 Å². The number of urea groups is 1. The van der Waals surface area contributed by atoms with Gasteiger partial charge in [0.05, 0.1) is 0 Å². The molecule has 3 N–H and O–H groups in total. The minimum Gasteiger partial charge on any atom is -0.480 e. The lowest BCUT2D eigenvalue weighted by atomic mass is 10.1. The van der Waals surface area contributed by atoms with E-state index >= 15 is 0 Å². The first-order valence-electron chi connectivity index (χ1n) is 7.06. The van der Waals surface area contributed by atoms with Crippen molar-refractivity contribution in [1.29, 1.82) is 0 Å². The Morgan fingerprint density at radius 1 is 1.17 bits per heavy atom. The molecular formula is C17H17ClN2O3. The molecule has 0 fully saturated rings. The molecule has 1 unspecified atom stereocenters. The maximum absolute atomic E-state index is 12.1. The third-order valence-electron chi connectivity index (χ3n) is 3.33. The first-order chi connectivity index (χ1) is 11.0. The number of hydrogen-bond acceptors (Lipinski definition) is 2. The van der Waals surface area contributed by atoms with Crippen molar-refractivity contribution in [2.24, 2.45) is 0 Å². The highest BCUT2D eigenvalue weighted by Gasteiger charge is 2.20. The molecule has 1 atom stereocenters. The molecule has 0 aromatic heterocycles. The first kappa shape index (κ1) is 16.8. The fourth-order valence-corrected chi connectivity index (χ4v) is 2.27. The van der Waals surface area contributed by atoms with Crippen LogP contribution in [0.25, 0.3) is 0 Å². The Morgan fingerprint density at radius 2 is 1.87 bits per heavy atom. The first-order valence-corrected chi connectivity index (χ1v) is 7.44. The molecule has 2 aromatic rings. The van der Waals surface area contributed by atoms with E-state index in [1.54, 1.807) is 18.2 Å². The predicted octanol–water partition coefficient (Wildman–Crippen LogP) is 3.47. The van der Waals surface area contributed by atoms with Crippen molar-refractivity contribution in [2.45, 2.75) is 19.4 Å². The van der Waals surface area contributed by atoms with Gasteiger partial charge in [0.2, 0.25) is 0 Å². The Bertz CT molecular complexity index is 704. The smallest absolute Gasteiger partial charge is 0.326 e. The van der Waals surface area contributed by atoms with Crippen LogP contribution in [0.4, 0.5) is 10.5 Å². The number of aryl methyl sites for hydroxylation is 1. The number of carbonyl (C=O) groups is 2. The molecule has 0 saturated heterocycles. The molecule has 0 saturated carbocycles. The van der Waals surface area contributed by atoms with Crippen molar-refractivity contribution in [1.82, 2.24) is 5.32 Å². The Morgan fingerprint density at radius 3 is 2.52 bits per heavy atom. The van der Waals surface area contributed by atoms with Gasteiger partial charge < -0.3 is 15.7 Å². The van der Waals surface area contributed by atoms with Gasteiger partial charge in [0.15, 0.2) is 0 Å².